The first-order chi connectivity index (χ1) is 9.56. The molecule has 3 N–H and O–H groups in total. The van der Waals surface area contributed by atoms with Crippen LogP contribution in [0, 0.1) is 5.92 Å². The van der Waals surface area contributed by atoms with Gasteiger partial charge in [0.05, 0.1) is 23.6 Å². The molecule has 0 aliphatic heterocycles. The average Bonchev–Trinajstić information content (AvgIpc) is 2.38. The summed E-state index contributed by atoms with van der Waals surface area (Å²) in [5.41, 5.74) is 0.561. The lowest BCUT2D eigenvalue weighted by molar-refractivity contribution is 0.146. The molecule has 1 aromatic heterocycles. The number of aromatic nitrogens is 2. The van der Waals surface area contributed by atoms with Crippen molar-refractivity contribution in [3.63, 3.8) is 0 Å². The number of aliphatic hydroxyl groups is 1. The first-order valence-corrected chi connectivity index (χ1v) is 6.93. The summed E-state index contributed by atoms with van der Waals surface area (Å²) >= 11 is 0. The molecule has 1 unspecified atom stereocenters. The van der Waals surface area contributed by atoms with Gasteiger partial charge in [0.1, 0.15) is 5.82 Å². The van der Waals surface area contributed by atoms with Crippen LogP contribution in [0.3, 0.4) is 0 Å². The van der Waals surface area contributed by atoms with Gasteiger partial charge >= 0.3 is 0 Å². The van der Waals surface area contributed by atoms with Gasteiger partial charge in [0, 0.05) is 6.54 Å². The molecule has 5 nitrogen and oxygen atoms in total. The standard InChI is InChI=1S/C15H21N3O2/c1-10(2)7-11(19)8-16-9-14-17-13-6-4-3-5-12(13)15(20)18-14/h3-6,10-11,16,19H,7-9H2,1-2H3,(H,17,18,20). The monoisotopic (exact) mass is 275 g/mol. The molecule has 0 radical (unpaired) electrons. The van der Waals surface area contributed by atoms with E-state index in [1.807, 2.05) is 18.2 Å². The van der Waals surface area contributed by atoms with Crippen LogP contribution in [0.2, 0.25) is 0 Å². The smallest absolute Gasteiger partial charge is 0.258 e. The van der Waals surface area contributed by atoms with Crippen molar-refractivity contribution in [3.05, 3.63) is 40.4 Å². The van der Waals surface area contributed by atoms with Crippen molar-refractivity contribution in [3.8, 4) is 0 Å². The number of H-pyrrole nitrogens is 1. The van der Waals surface area contributed by atoms with Crippen molar-refractivity contribution in [2.75, 3.05) is 6.54 Å². The van der Waals surface area contributed by atoms with Gasteiger partial charge in [-0.15, -0.1) is 0 Å². The molecule has 0 aliphatic rings. The minimum atomic E-state index is -0.373. The van der Waals surface area contributed by atoms with Crippen LogP contribution in [0.1, 0.15) is 26.1 Å². The summed E-state index contributed by atoms with van der Waals surface area (Å²) in [5, 5.41) is 13.5. The normalized spacial score (nSPS) is 13.0. The molecule has 0 bridgehead atoms. The van der Waals surface area contributed by atoms with Gasteiger partial charge in [0.15, 0.2) is 0 Å². The molecular weight excluding hydrogens is 254 g/mol. The maximum Gasteiger partial charge on any atom is 0.258 e. The fourth-order valence-corrected chi connectivity index (χ4v) is 2.20. The van der Waals surface area contributed by atoms with E-state index in [1.54, 1.807) is 6.07 Å². The molecule has 20 heavy (non-hydrogen) atoms. The molecule has 108 valence electrons. The molecule has 0 saturated carbocycles. The molecule has 2 aromatic rings. The fraction of sp³-hybridized carbons (Fsp3) is 0.467. The molecule has 0 amide bonds. The Labute approximate surface area is 118 Å². The molecule has 5 heteroatoms. The lowest BCUT2D eigenvalue weighted by Crippen LogP contribution is -2.29. The van der Waals surface area contributed by atoms with Crippen LogP contribution >= 0.6 is 0 Å². The molecule has 0 aliphatic carbocycles. The lowest BCUT2D eigenvalue weighted by atomic mass is 10.1. The number of hydrogen-bond acceptors (Lipinski definition) is 4. The highest BCUT2D eigenvalue weighted by Gasteiger charge is 2.07. The number of benzene rings is 1. The number of hydrogen-bond donors (Lipinski definition) is 3. The third-order valence-electron chi connectivity index (χ3n) is 3.08. The SMILES string of the molecule is CC(C)CC(O)CNCc1nc2ccccc2c(=O)[nH]1. The zero-order valence-electron chi connectivity index (χ0n) is 11.9. The zero-order valence-corrected chi connectivity index (χ0v) is 11.9. The Hall–Kier alpha value is -1.72. The molecular formula is C15H21N3O2. The molecule has 2 rings (SSSR count). The van der Waals surface area contributed by atoms with Crippen LogP contribution in [-0.4, -0.2) is 27.7 Å². The van der Waals surface area contributed by atoms with Gasteiger partial charge in [0.25, 0.3) is 5.56 Å². The minimum absolute atomic E-state index is 0.130. The molecule has 0 spiro atoms. The summed E-state index contributed by atoms with van der Waals surface area (Å²) in [5.74, 6) is 1.05. The average molecular weight is 275 g/mol. The van der Waals surface area contributed by atoms with Crippen molar-refractivity contribution >= 4 is 10.9 Å². The number of aliphatic hydroxyl groups excluding tert-OH is 1. The van der Waals surface area contributed by atoms with E-state index in [4.69, 9.17) is 0 Å². The van der Waals surface area contributed by atoms with Crippen LogP contribution < -0.4 is 10.9 Å². The molecule has 1 heterocycles. The Kier molecular flexibility index (Phi) is 4.87. The van der Waals surface area contributed by atoms with Gasteiger partial charge in [0.2, 0.25) is 0 Å². The van der Waals surface area contributed by atoms with E-state index in [0.717, 1.165) is 6.42 Å². The van der Waals surface area contributed by atoms with E-state index in [-0.39, 0.29) is 11.7 Å². The number of aromatic amines is 1. The van der Waals surface area contributed by atoms with E-state index in [9.17, 15) is 9.90 Å². The quantitative estimate of drug-likeness (QED) is 0.745. The molecule has 0 saturated heterocycles. The predicted molar refractivity (Wildman–Crippen MR) is 79.5 cm³/mol. The van der Waals surface area contributed by atoms with E-state index in [0.29, 0.717) is 35.7 Å². The van der Waals surface area contributed by atoms with Gasteiger partial charge < -0.3 is 15.4 Å². The Morgan fingerprint density at radius 3 is 2.85 bits per heavy atom. The van der Waals surface area contributed by atoms with Crippen molar-refractivity contribution in [1.29, 1.82) is 0 Å². The third-order valence-corrected chi connectivity index (χ3v) is 3.08. The van der Waals surface area contributed by atoms with Gasteiger partial charge in [-0.2, -0.15) is 0 Å². The second-order valence-electron chi connectivity index (χ2n) is 5.44. The highest BCUT2D eigenvalue weighted by molar-refractivity contribution is 5.77. The molecule has 0 fully saturated rings. The maximum atomic E-state index is 11.9. The maximum absolute atomic E-state index is 11.9. The van der Waals surface area contributed by atoms with E-state index < -0.39 is 0 Å². The number of fused-ring (bicyclic) bond motifs is 1. The van der Waals surface area contributed by atoms with Crippen molar-refractivity contribution in [1.82, 2.24) is 15.3 Å². The van der Waals surface area contributed by atoms with Gasteiger partial charge in [-0.3, -0.25) is 4.79 Å². The second kappa shape index (κ2) is 6.63. The van der Waals surface area contributed by atoms with E-state index >= 15 is 0 Å². The first kappa shape index (κ1) is 14.7. The first-order valence-electron chi connectivity index (χ1n) is 6.93. The van der Waals surface area contributed by atoms with Gasteiger partial charge in [-0.05, 0) is 24.5 Å². The van der Waals surface area contributed by atoms with E-state index in [2.05, 4.69) is 29.1 Å². The fourth-order valence-electron chi connectivity index (χ4n) is 2.20. The van der Waals surface area contributed by atoms with Crippen LogP contribution in [-0.2, 0) is 6.54 Å². The zero-order chi connectivity index (χ0) is 14.5. The number of para-hydroxylation sites is 1. The summed E-state index contributed by atoms with van der Waals surface area (Å²) in [6.07, 6.45) is 0.386. The molecule has 1 atom stereocenters. The minimum Gasteiger partial charge on any atom is -0.392 e. The summed E-state index contributed by atoms with van der Waals surface area (Å²) in [6.45, 7) is 5.08. The van der Waals surface area contributed by atoms with Gasteiger partial charge in [-0.25, -0.2) is 4.98 Å². The van der Waals surface area contributed by atoms with Gasteiger partial charge in [-0.1, -0.05) is 26.0 Å². The number of nitrogens with zero attached hydrogens (tertiary/aromatic N) is 1. The third kappa shape index (κ3) is 3.88. The number of rotatable bonds is 6. The largest absolute Gasteiger partial charge is 0.392 e. The van der Waals surface area contributed by atoms with Crippen LogP contribution in [0.25, 0.3) is 10.9 Å². The highest BCUT2D eigenvalue weighted by atomic mass is 16.3. The van der Waals surface area contributed by atoms with Crippen LogP contribution in [0.4, 0.5) is 0 Å². The van der Waals surface area contributed by atoms with Crippen molar-refractivity contribution in [2.24, 2.45) is 5.92 Å². The summed E-state index contributed by atoms with van der Waals surface area (Å²) in [7, 11) is 0. The van der Waals surface area contributed by atoms with Crippen molar-refractivity contribution in [2.45, 2.75) is 32.9 Å². The Bertz CT molecular complexity index is 622. The summed E-state index contributed by atoms with van der Waals surface area (Å²) in [4.78, 5) is 19.0. The molecule has 1 aromatic carbocycles. The second-order valence-corrected chi connectivity index (χ2v) is 5.44. The predicted octanol–water partition coefficient (Wildman–Crippen LogP) is 1.42. The van der Waals surface area contributed by atoms with Crippen LogP contribution in [0.5, 0.6) is 0 Å². The lowest BCUT2D eigenvalue weighted by Gasteiger charge is -2.13. The Morgan fingerprint density at radius 1 is 1.35 bits per heavy atom. The number of nitrogens with one attached hydrogen (secondary N) is 2. The Balaban J connectivity index is 1.98. The summed E-state index contributed by atoms with van der Waals surface area (Å²) < 4.78 is 0. The van der Waals surface area contributed by atoms with Crippen molar-refractivity contribution < 1.29 is 5.11 Å². The summed E-state index contributed by atoms with van der Waals surface area (Å²) in [6, 6.07) is 7.25. The topological polar surface area (TPSA) is 78.0 Å². The highest BCUT2D eigenvalue weighted by Crippen LogP contribution is 2.06. The van der Waals surface area contributed by atoms with E-state index in [1.165, 1.54) is 0 Å². The van der Waals surface area contributed by atoms with Crippen LogP contribution in [0.15, 0.2) is 29.1 Å². The Morgan fingerprint density at radius 2 is 2.10 bits per heavy atom.